The molecule has 0 saturated heterocycles. The molecule has 0 radical (unpaired) electrons. The summed E-state index contributed by atoms with van der Waals surface area (Å²) in [4.78, 5) is 23.6. The van der Waals surface area contributed by atoms with Crippen molar-refractivity contribution in [1.29, 1.82) is 0 Å². The van der Waals surface area contributed by atoms with Crippen LogP contribution in [0.2, 0.25) is 5.02 Å². The molecule has 0 atom stereocenters. The maximum absolute atomic E-state index is 11.9. The van der Waals surface area contributed by atoms with E-state index in [1.54, 1.807) is 30.3 Å². The summed E-state index contributed by atoms with van der Waals surface area (Å²) in [5.74, 6) is 0.631. The molecule has 0 aliphatic carbocycles. The fraction of sp³-hybridized carbons (Fsp3) is 0.250. The molecule has 0 bridgehead atoms. The highest BCUT2D eigenvalue weighted by Crippen LogP contribution is 2.22. The Kier molecular flexibility index (Phi) is 6.05. The second-order valence-corrected chi connectivity index (χ2v) is 5.20. The Balaban J connectivity index is 1.78. The number of amides is 2. The van der Waals surface area contributed by atoms with Crippen molar-refractivity contribution in [3.63, 3.8) is 0 Å². The van der Waals surface area contributed by atoms with Crippen LogP contribution in [-0.4, -0.2) is 25.5 Å². The Hall–Kier alpha value is -2.47. The van der Waals surface area contributed by atoms with Crippen molar-refractivity contribution in [2.24, 2.45) is 0 Å². The van der Waals surface area contributed by atoms with Gasteiger partial charge in [0.15, 0.2) is 0 Å². The summed E-state index contributed by atoms with van der Waals surface area (Å²) >= 11 is 5.91. The van der Waals surface area contributed by atoms with E-state index in [0.717, 1.165) is 0 Å². The van der Waals surface area contributed by atoms with E-state index in [9.17, 15) is 9.59 Å². The maximum atomic E-state index is 11.9. The fourth-order valence-corrected chi connectivity index (χ4v) is 2.16. The van der Waals surface area contributed by atoms with Crippen LogP contribution in [0.25, 0.3) is 0 Å². The van der Waals surface area contributed by atoms with Crippen molar-refractivity contribution < 1.29 is 18.7 Å². The van der Waals surface area contributed by atoms with Gasteiger partial charge in [-0.2, -0.15) is 0 Å². The van der Waals surface area contributed by atoms with E-state index in [0.29, 0.717) is 22.1 Å². The first-order valence-corrected chi connectivity index (χ1v) is 7.34. The molecule has 122 valence electrons. The van der Waals surface area contributed by atoms with Gasteiger partial charge in [0, 0.05) is 10.6 Å². The Labute approximate surface area is 138 Å². The molecule has 2 N–H and O–H groups in total. The highest BCUT2D eigenvalue weighted by molar-refractivity contribution is 6.30. The molecule has 0 unspecified atom stereocenters. The minimum atomic E-state index is -0.298. The molecule has 0 spiro atoms. The lowest BCUT2D eigenvalue weighted by Gasteiger charge is -2.09. The number of furan rings is 1. The standard InChI is InChI=1S/C16H17ClN2O4/c1-22-14-5-4-12(17)7-11(14)8-15(20)19-10-16(21)18-9-13-3-2-6-23-13/h2-7H,8-10H2,1H3,(H,18,21)(H,19,20). The third kappa shape index (κ3) is 5.34. The average Bonchev–Trinajstić information content (AvgIpc) is 3.04. The Morgan fingerprint density at radius 2 is 2.04 bits per heavy atom. The van der Waals surface area contributed by atoms with Gasteiger partial charge in [0.05, 0.1) is 32.9 Å². The van der Waals surface area contributed by atoms with Crippen molar-refractivity contribution in [2.75, 3.05) is 13.7 Å². The fourth-order valence-electron chi connectivity index (χ4n) is 1.96. The number of hydrogen-bond acceptors (Lipinski definition) is 4. The van der Waals surface area contributed by atoms with E-state index in [1.807, 2.05) is 0 Å². The smallest absolute Gasteiger partial charge is 0.239 e. The monoisotopic (exact) mass is 336 g/mol. The molecule has 0 fully saturated rings. The second-order valence-electron chi connectivity index (χ2n) is 4.77. The van der Waals surface area contributed by atoms with E-state index in [2.05, 4.69) is 10.6 Å². The van der Waals surface area contributed by atoms with E-state index in [-0.39, 0.29) is 31.3 Å². The van der Waals surface area contributed by atoms with Crippen molar-refractivity contribution in [2.45, 2.75) is 13.0 Å². The quantitative estimate of drug-likeness (QED) is 0.809. The van der Waals surface area contributed by atoms with E-state index in [4.69, 9.17) is 20.8 Å². The number of rotatable bonds is 7. The lowest BCUT2D eigenvalue weighted by Crippen LogP contribution is -2.37. The molecule has 2 amide bonds. The molecule has 7 heteroatoms. The van der Waals surface area contributed by atoms with Gasteiger partial charge >= 0.3 is 0 Å². The number of methoxy groups -OCH3 is 1. The van der Waals surface area contributed by atoms with Gasteiger partial charge in [-0.1, -0.05) is 11.6 Å². The van der Waals surface area contributed by atoms with Crippen LogP contribution in [0.15, 0.2) is 41.0 Å². The van der Waals surface area contributed by atoms with Crippen molar-refractivity contribution in [3.05, 3.63) is 52.9 Å². The molecule has 1 aromatic carbocycles. The van der Waals surface area contributed by atoms with Crippen LogP contribution in [-0.2, 0) is 22.6 Å². The van der Waals surface area contributed by atoms with Crippen molar-refractivity contribution >= 4 is 23.4 Å². The molecule has 6 nitrogen and oxygen atoms in total. The minimum absolute atomic E-state index is 0.0786. The molecular formula is C16H17ClN2O4. The van der Waals surface area contributed by atoms with Crippen LogP contribution < -0.4 is 15.4 Å². The summed E-state index contributed by atoms with van der Waals surface area (Å²) in [7, 11) is 1.52. The van der Waals surface area contributed by atoms with Crippen molar-refractivity contribution in [3.8, 4) is 5.75 Å². The third-order valence-corrected chi connectivity index (χ3v) is 3.31. The van der Waals surface area contributed by atoms with Gasteiger partial charge in [0.1, 0.15) is 11.5 Å². The lowest BCUT2D eigenvalue weighted by atomic mass is 10.1. The van der Waals surface area contributed by atoms with Gasteiger partial charge in [-0.25, -0.2) is 0 Å². The van der Waals surface area contributed by atoms with Gasteiger partial charge in [-0.3, -0.25) is 9.59 Å². The molecule has 0 saturated carbocycles. The lowest BCUT2D eigenvalue weighted by molar-refractivity contribution is -0.125. The van der Waals surface area contributed by atoms with Gasteiger partial charge in [0.25, 0.3) is 0 Å². The number of ether oxygens (including phenoxy) is 1. The van der Waals surface area contributed by atoms with Crippen LogP contribution in [0.4, 0.5) is 0 Å². The Morgan fingerprint density at radius 3 is 2.74 bits per heavy atom. The number of carbonyl (C=O) groups excluding carboxylic acids is 2. The molecular weight excluding hydrogens is 320 g/mol. The van der Waals surface area contributed by atoms with E-state index >= 15 is 0 Å². The largest absolute Gasteiger partial charge is 0.496 e. The first-order valence-electron chi connectivity index (χ1n) is 6.96. The number of carbonyl (C=O) groups is 2. The minimum Gasteiger partial charge on any atom is -0.496 e. The predicted molar refractivity (Wildman–Crippen MR) is 85.3 cm³/mol. The molecule has 1 heterocycles. The van der Waals surface area contributed by atoms with Crippen LogP contribution in [0.3, 0.4) is 0 Å². The summed E-state index contributed by atoms with van der Waals surface area (Å²) in [6.45, 7) is 0.173. The zero-order chi connectivity index (χ0) is 16.7. The normalized spacial score (nSPS) is 10.2. The van der Waals surface area contributed by atoms with Gasteiger partial charge in [-0.05, 0) is 30.3 Å². The van der Waals surface area contributed by atoms with Crippen LogP contribution in [0.5, 0.6) is 5.75 Å². The topological polar surface area (TPSA) is 80.6 Å². The van der Waals surface area contributed by atoms with Crippen LogP contribution in [0.1, 0.15) is 11.3 Å². The van der Waals surface area contributed by atoms with Gasteiger partial charge in [-0.15, -0.1) is 0 Å². The summed E-state index contributed by atoms with van der Waals surface area (Å²) in [6.07, 6.45) is 1.61. The Bertz CT molecular complexity index is 671. The SMILES string of the molecule is COc1ccc(Cl)cc1CC(=O)NCC(=O)NCc1ccco1. The average molecular weight is 337 g/mol. The number of halogens is 1. The molecule has 2 aromatic rings. The number of hydrogen-bond donors (Lipinski definition) is 2. The first kappa shape index (κ1) is 16.9. The molecule has 23 heavy (non-hydrogen) atoms. The van der Waals surface area contributed by atoms with Crippen molar-refractivity contribution in [1.82, 2.24) is 10.6 Å². The predicted octanol–water partition coefficient (Wildman–Crippen LogP) is 1.92. The summed E-state index contributed by atoms with van der Waals surface area (Å²) in [5, 5.41) is 5.71. The van der Waals surface area contributed by atoms with E-state index < -0.39 is 0 Å². The second kappa shape index (κ2) is 8.24. The van der Waals surface area contributed by atoms with Crippen LogP contribution >= 0.6 is 11.6 Å². The Morgan fingerprint density at radius 1 is 1.22 bits per heavy atom. The van der Waals surface area contributed by atoms with E-state index in [1.165, 1.54) is 13.4 Å². The summed E-state index contributed by atoms with van der Waals surface area (Å²) < 4.78 is 10.3. The molecule has 2 rings (SSSR count). The van der Waals surface area contributed by atoms with Crippen LogP contribution in [0, 0.1) is 0 Å². The molecule has 0 aliphatic heterocycles. The first-order chi connectivity index (χ1) is 11.1. The molecule has 0 aliphatic rings. The zero-order valence-corrected chi connectivity index (χ0v) is 13.4. The third-order valence-electron chi connectivity index (χ3n) is 3.08. The number of nitrogens with one attached hydrogen (secondary N) is 2. The highest BCUT2D eigenvalue weighted by atomic mass is 35.5. The maximum Gasteiger partial charge on any atom is 0.239 e. The van der Waals surface area contributed by atoms with Gasteiger partial charge < -0.3 is 19.8 Å². The summed E-state index contributed by atoms with van der Waals surface area (Å²) in [5.41, 5.74) is 0.661. The summed E-state index contributed by atoms with van der Waals surface area (Å²) in [6, 6.07) is 8.54. The highest BCUT2D eigenvalue weighted by Gasteiger charge is 2.11. The number of benzene rings is 1. The zero-order valence-electron chi connectivity index (χ0n) is 12.6. The van der Waals surface area contributed by atoms with Gasteiger partial charge in [0.2, 0.25) is 11.8 Å². The molecule has 1 aromatic heterocycles.